The molecule has 1 aromatic heterocycles. The van der Waals surface area contributed by atoms with E-state index in [1.807, 2.05) is 12.1 Å². The molecule has 1 rings (SSSR count). The number of nitrogens with zero attached hydrogens (tertiary/aromatic N) is 1. The zero-order chi connectivity index (χ0) is 11.6. The van der Waals surface area contributed by atoms with Crippen LogP contribution in [-0.2, 0) is 9.47 Å². The fraction of sp³-hybridized carbons (Fsp3) is 0.545. The highest BCUT2D eigenvalue weighted by Crippen LogP contribution is 2.16. The van der Waals surface area contributed by atoms with Crippen molar-refractivity contribution in [1.29, 1.82) is 0 Å². The van der Waals surface area contributed by atoms with Crippen molar-refractivity contribution in [3.05, 3.63) is 18.3 Å². The van der Waals surface area contributed by atoms with Crippen molar-refractivity contribution in [3.63, 3.8) is 0 Å². The Kier molecular flexibility index (Phi) is 6.96. The van der Waals surface area contributed by atoms with Crippen LogP contribution in [0.4, 0.5) is 5.82 Å². The Morgan fingerprint density at radius 1 is 1.31 bits per heavy atom. The summed E-state index contributed by atoms with van der Waals surface area (Å²) in [4.78, 5) is 5.14. The smallest absolute Gasteiger partial charge is 0.123 e. The molecule has 0 aliphatic carbocycles. The van der Waals surface area contributed by atoms with E-state index in [2.05, 4.69) is 4.98 Å². The first kappa shape index (κ1) is 13.3. The van der Waals surface area contributed by atoms with Gasteiger partial charge in [0.1, 0.15) is 5.82 Å². The van der Waals surface area contributed by atoms with E-state index in [0.29, 0.717) is 5.82 Å². The molecule has 2 N–H and O–H groups in total. The summed E-state index contributed by atoms with van der Waals surface area (Å²) in [5.41, 5.74) is 5.49. The fourth-order valence-corrected chi connectivity index (χ4v) is 1.83. The van der Waals surface area contributed by atoms with Crippen LogP contribution in [0.5, 0.6) is 0 Å². The molecule has 0 aliphatic rings. The maximum atomic E-state index is 5.49. The SMILES string of the molecule is COCCCOCCSc1ccc(N)nc1. The average molecular weight is 242 g/mol. The Morgan fingerprint density at radius 3 is 2.88 bits per heavy atom. The van der Waals surface area contributed by atoms with E-state index in [4.69, 9.17) is 15.2 Å². The zero-order valence-electron chi connectivity index (χ0n) is 9.52. The summed E-state index contributed by atoms with van der Waals surface area (Å²) in [5, 5.41) is 0. The van der Waals surface area contributed by atoms with E-state index in [1.165, 1.54) is 0 Å². The minimum atomic E-state index is 0.556. The first-order valence-electron chi connectivity index (χ1n) is 5.24. The molecule has 0 spiro atoms. The second kappa shape index (κ2) is 8.38. The highest BCUT2D eigenvalue weighted by Gasteiger charge is 1.95. The van der Waals surface area contributed by atoms with Crippen molar-refractivity contribution in [1.82, 2.24) is 4.98 Å². The van der Waals surface area contributed by atoms with Gasteiger partial charge in [0.2, 0.25) is 0 Å². The molecule has 0 bridgehead atoms. The summed E-state index contributed by atoms with van der Waals surface area (Å²) < 4.78 is 10.4. The third kappa shape index (κ3) is 5.95. The number of hydrogen-bond donors (Lipinski definition) is 1. The molecule has 0 radical (unpaired) electrons. The van der Waals surface area contributed by atoms with Crippen LogP contribution in [0.3, 0.4) is 0 Å². The molecule has 0 saturated heterocycles. The summed E-state index contributed by atoms with van der Waals surface area (Å²) in [6, 6.07) is 3.78. The third-order valence-electron chi connectivity index (χ3n) is 1.89. The van der Waals surface area contributed by atoms with Crippen LogP contribution < -0.4 is 5.73 Å². The lowest BCUT2D eigenvalue weighted by molar-refractivity contribution is 0.113. The number of hydrogen-bond acceptors (Lipinski definition) is 5. The monoisotopic (exact) mass is 242 g/mol. The molecule has 0 amide bonds. The van der Waals surface area contributed by atoms with E-state index < -0.39 is 0 Å². The molecule has 0 fully saturated rings. The number of nitrogen functional groups attached to an aromatic ring is 1. The molecule has 4 nitrogen and oxygen atoms in total. The highest BCUT2D eigenvalue weighted by atomic mass is 32.2. The predicted molar refractivity (Wildman–Crippen MR) is 66.7 cm³/mol. The van der Waals surface area contributed by atoms with Gasteiger partial charge < -0.3 is 15.2 Å². The number of anilines is 1. The Balaban J connectivity index is 2.01. The molecular formula is C11H18N2O2S. The number of pyridine rings is 1. The van der Waals surface area contributed by atoms with Crippen LogP contribution in [-0.4, -0.2) is 37.7 Å². The lowest BCUT2D eigenvalue weighted by Crippen LogP contribution is -2.02. The number of ether oxygens (including phenoxy) is 2. The predicted octanol–water partition coefficient (Wildman–Crippen LogP) is 1.81. The second-order valence-corrected chi connectivity index (χ2v) is 4.39. The quantitative estimate of drug-likeness (QED) is 0.556. The molecule has 90 valence electrons. The van der Waals surface area contributed by atoms with Gasteiger partial charge in [0.05, 0.1) is 6.61 Å². The molecule has 5 heteroatoms. The minimum Gasteiger partial charge on any atom is -0.385 e. The van der Waals surface area contributed by atoms with Gasteiger partial charge in [-0.1, -0.05) is 0 Å². The number of aromatic nitrogens is 1. The van der Waals surface area contributed by atoms with Crippen LogP contribution in [0, 0.1) is 0 Å². The number of thioether (sulfide) groups is 1. The number of rotatable bonds is 8. The normalized spacial score (nSPS) is 10.6. The topological polar surface area (TPSA) is 57.4 Å². The lowest BCUT2D eigenvalue weighted by Gasteiger charge is -2.04. The molecule has 0 aliphatic heterocycles. The van der Waals surface area contributed by atoms with Crippen LogP contribution >= 0.6 is 11.8 Å². The molecule has 0 atom stereocenters. The Bertz CT molecular complexity index is 280. The number of methoxy groups -OCH3 is 1. The van der Waals surface area contributed by atoms with Crippen molar-refractivity contribution < 1.29 is 9.47 Å². The lowest BCUT2D eigenvalue weighted by atomic mass is 10.5. The van der Waals surface area contributed by atoms with E-state index >= 15 is 0 Å². The zero-order valence-corrected chi connectivity index (χ0v) is 10.3. The minimum absolute atomic E-state index is 0.556. The van der Waals surface area contributed by atoms with Gasteiger partial charge in [0.25, 0.3) is 0 Å². The Morgan fingerprint density at radius 2 is 2.19 bits per heavy atom. The first-order valence-corrected chi connectivity index (χ1v) is 6.22. The van der Waals surface area contributed by atoms with Crippen molar-refractivity contribution >= 4 is 17.6 Å². The standard InChI is InChI=1S/C11H18N2O2S/c1-14-5-2-6-15-7-8-16-10-3-4-11(12)13-9-10/h3-4,9H,2,5-8H2,1H3,(H2,12,13). The summed E-state index contributed by atoms with van der Waals surface area (Å²) in [7, 11) is 1.70. The third-order valence-corrected chi connectivity index (χ3v) is 2.84. The van der Waals surface area contributed by atoms with Gasteiger partial charge in [-0.25, -0.2) is 4.98 Å². The summed E-state index contributed by atoms with van der Waals surface area (Å²) >= 11 is 1.72. The van der Waals surface area contributed by atoms with Gasteiger partial charge in [0, 0.05) is 37.2 Å². The fourth-order valence-electron chi connectivity index (χ4n) is 1.10. The molecule has 0 aromatic carbocycles. The molecule has 0 unspecified atom stereocenters. The maximum absolute atomic E-state index is 5.49. The van der Waals surface area contributed by atoms with Gasteiger partial charge in [-0.2, -0.15) is 0 Å². The van der Waals surface area contributed by atoms with Crippen molar-refractivity contribution in [2.45, 2.75) is 11.3 Å². The van der Waals surface area contributed by atoms with E-state index in [9.17, 15) is 0 Å². The van der Waals surface area contributed by atoms with E-state index in [-0.39, 0.29) is 0 Å². The van der Waals surface area contributed by atoms with Gasteiger partial charge in [-0.15, -0.1) is 11.8 Å². The van der Waals surface area contributed by atoms with E-state index in [0.717, 1.165) is 36.9 Å². The summed E-state index contributed by atoms with van der Waals surface area (Å²) in [6.45, 7) is 2.27. The molecule has 16 heavy (non-hydrogen) atoms. The van der Waals surface area contributed by atoms with Gasteiger partial charge in [-0.05, 0) is 18.6 Å². The maximum Gasteiger partial charge on any atom is 0.123 e. The van der Waals surface area contributed by atoms with Crippen LogP contribution in [0.2, 0.25) is 0 Å². The van der Waals surface area contributed by atoms with Crippen molar-refractivity contribution in [2.75, 3.05) is 38.4 Å². The largest absolute Gasteiger partial charge is 0.385 e. The molecule has 1 aromatic rings. The van der Waals surface area contributed by atoms with Crippen LogP contribution in [0.15, 0.2) is 23.2 Å². The molecule has 1 heterocycles. The van der Waals surface area contributed by atoms with Gasteiger partial charge >= 0.3 is 0 Å². The van der Waals surface area contributed by atoms with Gasteiger partial charge in [0.15, 0.2) is 0 Å². The average Bonchev–Trinajstić information content (AvgIpc) is 2.30. The van der Waals surface area contributed by atoms with Crippen molar-refractivity contribution in [3.8, 4) is 0 Å². The summed E-state index contributed by atoms with van der Waals surface area (Å²) in [5.74, 6) is 1.48. The van der Waals surface area contributed by atoms with Gasteiger partial charge in [-0.3, -0.25) is 0 Å². The van der Waals surface area contributed by atoms with E-state index in [1.54, 1.807) is 25.1 Å². The number of nitrogens with two attached hydrogens (primary N) is 1. The molecular weight excluding hydrogens is 224 g/mol. The second-order valence-electron chi connectivity index (χ2n) is 3.23. The van der Waals surface area contributed by atoms with Crippen LogP contribution in [0.1, 0.15) is 6.42 Å². The van der Waals surface area contributed by atoms with Crippen LogP contribution in [0.25, 0.3) is 0 Å². The molecule has 0 saturated carbocycles. The first-order chi connectivity index (χ1) is 7.83. The summed E-state index contributed by atoms with van der Waals surface area (Å²) in [6.07, 6.45) is 2.73. The highest BCUT2D eigenvalue weighted by molar-refractivity contribution is 7.99. The Labute approximate surface area is 101 Å². The Hall–Kier alpha value is -0.780. The van der Waals surface area contributed by atoms with Crippen molar-refractivity contribution in [2.24, 2.45) is 0 Å².